The highest BCUT2D eigenvalue weighted by Gasteiger charge is 2.44. The number of aromatic nitrogens is 5. The quantitative estimate of drug-likeness (QED) is 0.361. The molecule has 3 N–H and O–H groups in total. The average Bonchev–Trinajstić information content (AvgIpc) is 3.18. The van der Waals surface area contributed by atoms with Gasteiger partial charge in [0, 0.05) is 23.9 Å². The first-order valence-electron chi connectivity index (χ1n) is 11.4. The van der Waals surface area contributed by atoms with Crippen molar-refractivity contribution in [1.82, 2.24) is 29.9 Å². The number of nitrogens with zero attached hydrogens (tertiary/aromatic N) is 4. The SMILES string of the molecule is CC1(NC(=O)O[C@H]2CO[C@@H](c3cc(Nc4nc(C(F)(F)F)cc5nc(COC(F)(F)F)cn45)n[nH]3)[C@@H]2F)CC1. The maximum absolute atomic E-state index is 15.0. The van der Waals surface area contributed by atoms with Crippen molar-refractivity contribution in [3.63, 3.8) is 0 Å². The van der Waals surface area contributed by atoms with Gasteiger partial charge >= 0.3 is 18.6 Å². The summed E-state index contributed by atoms with van der Waals surface area (Å²) in [5, 5.41) is 11.5. The summed E-state index contributed by atoms with van der Waals surface area (Å²) in [6.45, 7) is 0.531. The molecule has 18 heteroatoms. The third-order valence-electron chi connectivity index (χ3n) is 6.07. The monoisotopic (exact) mass is 567 g/mol. The van der Waals surface area contributed by atoms with Crippen molar-refractivity contribution in [2.24, 2.45) is 0 Å². The van der Waals surface area contributed by atoms with E-state index in [0.717, 1.165) is 23.4 Å². The molecule has 39 heavy (non-hydrogen) atoms. The van der Waals surface area contributed by atoms with E-state index < -0.39 is 55.3 Å². The number of ether oxygens (including phenoxy) is 3. The lowest BCUT2D eigenvalue weighted by molar-refractivity contribution is -0.330. The Bertz CT molecular complexity index is 1370. The Kier molecular flexibility index (Phi) is 6.56. The summed E-state index contributed by atoms with van der Waals surface area (Å²) < 4.78 is 108. The first-order valence-corrected chi connectivity index (χ1v) is 11.4. The van der Waals surface area contributed by atoms with Gasteiger partial charge in [0.1, 0.15) is 11.8 Å². The molecule has 1 aliphatic carbocycles. The van der Waals surface area contributed by atoms with Crippen LogP contribution in [0.1, 0.15) is 43.0 Å². The highest BCUT2D eigenvalue weighted by Crippen LogP contribution is 2.36. The number of anilines is 2. The Balaban J connectivity index is 1.32. The molecule has 2 fully saturated rings. The third kappa shape index (κ3) is 6.16. The summed E-state index contributed by atoms with van der Waals surface area (Å²) in [5.41, 5.74) is -2.33. The lowest BCUT2D eigenvalue weighted by atomic mass is 10.1. The largest absolute Gasteiger partial charge is 0.522 e. The van der Waals surface area contributed by atoms with Crippen molar-refractivity contribution in [3.05, 3.63) is 35.4 Å². The van der Waals surface area contributed by atoms with E-state index in [1.807, 2.05) is 6.92 Å². The topological polar surface area (TPSA) is 128 Å². The molecule has 0 aromatic carbocycles. The van der Waals surface area contributed by atoms with E-state index in [4.69, 9.17) is 9.47 Å². The molecule has 0 radical (unpaired) electrons. The van der Waals surface area contributed by atoms with Crippen LogP contribution in [0, 0.1) is 0 Å². The summed E-state index contributed by atoms with van der Waals surface area (Å²) in [7, 11) is 0. The van der Waals surface area contributed by atoms with Crippen LogP contribution in [0.2, 0.25) is 0 Å². The molecule has 11 nitrogen and oxygen atoms in total. The predicted octanol–water partition coefficient (Wildman–Crippen LogP) is 4.31. The maximum Gasteiger partial charge on any atom is 0.522 e. The van der Waals surface area contributed by atoms with E-state index in [1.165, 1.54) is 6.07 Å². The lowest BCUT2D eigenvalue weighted by Crippen LogP contribution is -2.39. The Morgan fingerprint density at radius 3 is 2.64 bits per heavy atom. The second kappa shape index (κ2) is 9.51. The number of imidazole rings is 1. The van der Waals surface area contributed by atoms with Gasteiger partial charge < -0.3 is 20.1 Å². The molecule has 2 aliphatic rings. The van der Waals surface area contributed by atoms with Crippen molar-refractivity contribution < 1.29 is 49.7 Å². The summed E-state index contributed by atoms with van der Waals surface area (Å²) >= 11 is 0. The number of alkyl halides is 7. The number of hydrogen-bond donors (Lipinski definition) is 3. The summed E-state index contributed by atoms with van der Waals surface area (Å²) in [6.07, 6.45) is -12.3. The highest BCUT2D eigenvalue weighted by atomic mass is 19.4. The number of nitrogens with one attached hydrogen (secondary N) is 3. The van der Waals surface area contributed by atoms with Gasteiger partial charge in [-0.1, -0.05) is 0 Å². The molecule has 3 aromatic heterocycles. The number of hydrogen-bond acceptors (Lipinski definition) is 8. The Labute approximate surface area is 214 Å². The smallest absolute Gasteiger partial charge is 0.441 e. The molecule has 1 aliphatic heterocycles. The molecule has 1 saturated carbocycles. The van der Waals surface area contributed by atoms with Crippen molar-refractivity contribution in [3.8, 4) is 0 Å². The zero-order chi connectivity index (χ0) is 28.2. The number of alkyl carbamates (subject to hydrolysis) is 1. The van der Waals surface area contributed by atoms with Gasteiger partial charge in [-0.15, -0.1) is 13.2 Å². The van der Waals surface area contributed by atoms with Crippen LogP contribution in [-0.2, 0) is 27.0 Å². The van der Waals surface area contributed by atoms with Gasteiger partial charge in [0.15, 0.2) is 23.8 Å². The first kappa shape index (κ1) is 26.9. The fraction of sp³-hybridized carbons (Fsp3) is 0.524. The van der Waals surface area contributed by atoms with E-state index in [-0.39, 0.29) is 35.0 Å². The van der Waals surface area contributed by atoms with Gasteiger partial charge in [-0.05, 0) is 19.8 Å². The molecule has 1 saturated heterocycles. The number of H-pyrrole nitrogens is 1. The normalized spacial score (nSPS) is 22.7. The second-order valence-corrected chi connectivity index (χ2v) is 9.32. The minimum absolute atomic E-state index is 0.0822. The first-order chi connectivity index (χ1) is 18.2. The number of halogens is 7. The zero-order valence-electron chi connectivity index (χ0n) is 19.9. The van der Waals surface area contributed by atoms with Crippen LogP contribution in [0.25, 0.3) is 5.65 Å². The van der Waals surface area contributed by atoms with E-state index in [1.54, 1.807) is 0 Å². The number of amides is 1. The Hall–Kier alpha value is -3.67. The fourth-order valence-electron chi connectivity index (χ4n) is 3.82. The van der Waals surface area contributed by atoms with Crippen LogP contribution in [0.4, 0.5) is 47.3 Å². The standard InChI is InChI=1S/C21H20F7N7O4/c1-19(2-3-19)32-18(36)39-11-8-37-16(15(11)22)10-4-13(34-33-10)31-17-30-12(20(23,24)25)5-14-29-9(6-35(14)17)7-38-21(26,27)28/h4-6,11,15-16H,2-3,7-8H2,1H3,(H,32,36)(H2,30,31,33,34)/t11-,15+,16-/m0/s1. The summed E-state index contributed by atoms with van der Waals surface area (Å²) in [5.74, 6) is -0.598. The van der Waals surface area contributed by atoms with E-state index in [2.05, 4.69) is 35.5 Å². The van der Waals surface area contributed by atoms with Gasteiger partial charge in [0.05, 0.1) is 24.6 Å². The number of rotatable bonds is 7. The Morgan fingerprint density at radius 1 is 1.23 bits per heavy atom. The molecule has 0 bridgehead atoms. The highest BCUT2D eigenvalue weighted by molar-refractivity contribution is 5.69. The van der Waals surface area contributed by atoms with Gasteiger partial charge in [0.2, 0.25) is 5.95 Å². The molecule has 0 unspecified atom stereocenters. The number of fused-ring (bicyclic) bond motifs is 1. The fourth-order valence-corrected chi connectivity index (χ4v) is 3.82. The summed E-state index contributed by atoms with van der Waals surface area (Å²) in [4.78, 5) is 19.2. The van der Waals surface area contributed by atoms with Crippen molar-refractivity contribution >= 4 is 23.5 Å². The molecule has 4 heterocycles. The van der Waals surface area contributed by atoms with Crippen LogP contribution in [0.15, 0.2) is 18.3 Å². The molecule has 3 atom stereocenters. The maximum atomic E-state index is 15.0. The van der Waals surface area contributed by atoms with Gasteiger partial charge in [0.25, 0.3) is 0 Å². The van der Waals surface area contributed by atoms with Gasteiger partial charge in [-0.25, -0.2) is 19.2 Å². The molecular weight excluding hydrogens is 547 g/mol. The zero-order valence-corrected chi connectivity index (χ0v) is 19.9. The minimum Gasteiger partial charge on any atom is -0.441 e. The molecule has 5 rings (SSSR count). The van der Waals surface area contributed by atoms with Crippen LogP contribution in [-0.4, -0.2) is 61.4 Å². The van der Waals surface area contributed by atoms with Gasteiger partial charge in [-0.3, -0.25) is 14.2 Å². The van der Waals surface area contributed by atoms with Crippen molar-refractivity contribution in [2.75, 3.05) is 11.9 Å². The molecule has 1 amide bonds. The van der Waals surface area contributed by atoms with E-state index in [9.17, 15) is 35.5 Å². The lowest BCUT2D eigenvalue weighted by Gasteiger charge is -2.17. The van der Waals surface area contributed by atoms with Crippen LogP contribution in [0.3, 0.4) is 0 Å². The van der Waals surface area contributed by atoms with Crippen molar-refractivity contribution in [2.45, 2.75) is 62.8 Å². The number of aromatic amines is 1. The molecule has 0 spiro atoms. The molecule has 3 aromatic rings. The van der Waals surface area contributed by atoms with Crippen LogP contribution >= 0.6 is 0 Å². The second-order valence-electron chi connectivity index (χ2n) is 9.32. The average molecular weight is 567 g/mol. The number of carbonyl (C=O) groups excluding carboxylic acids is 1. The van der Waals surface area contributed by atoms with Crippen LogP contribution in [0.5, 0.6) is 0 Å². The number of carbonyl (C=O) groups is 1. The molecule has 212 valence electrons. The van der Waals surface area contributed by atoms with E-state index >= 15 is 0 Å². The minimum atomic E-state index is -4.97. The summed E-state index contributed by atoms with van der Waals surface area (Å²) in [6, 6.07) is 1.79. The van der Waals surface area contributed by atoms with Crippen molar-refractivity contribution in [1.29, 1.82) is 0 Å². The van der Waals surface area contributed by atoms with E-state index in [0.29, 0.717) is 6.07 Å². The third-order valence-corrected chi connectivity index (χ3v) is 6.07. The van der Waals surface area contributed by atoms with Gasteiger partial charge in [-0.2, -0.15) is 18.3 Å². The predicted molar refractivity (Wildman–Crippen MR) is 115 cm³/mol. The Morgan fingerprint density at radius 2 is 1.97 bits per heavy atom. The van der Waals surface area contributed by atoms with Crippen LogP contribution < -0.4 is 10.6 Å². The molecular formula is C21H20F7N7O4.